The summed E-state index contributed by atoms with van der Waals surface area (Å²) in [4.78, 5) is 4.46. The van der Waals surface area contributed by atoms with Crippen LogP contribution in [0.5, 0.6) is 0 Å². The Labute approximate surface area is 125 Å². The van der Waals surface area contributed by atoms with Gasteiger partial charge in [0.25, 0.3) is 0 Å². The van der Waals surface area contributed by atoms with E-state index in [-0.39, 0.29) is 0 Å². The van der Waals surface area contributed by atoms with Crippen LogP contribution in [0.2, 0.25) is 0 Å². The fourth-order valence-corrected chi connectivity index (χ4v) is 2.28. The van der Waals surface area contributed by atoms with Crippen molar-refractivity contribution in [2.75, 3.05) is 6.54 Å². The molecule has 0 saturated heterocycles. The van der Waals surface area contributed by atoms with Crippen LogP contribution in [0.3, 0.4) is 0 Å². The number of rotatable bonds is 7. The largest absolute Gasteiger partial charge is 0.290 e. The highest BCUT2D eigenvalue weighted by molar-refractivity contribution is 5.98. The molecule has 1 nitrogen and oxygen atoms in total. The van der Waals surface area contributed by atoms with Crippen molar-refractivity contribution < 1.29 is 0 Å². The number of benzene rings is 1. The SMILES string of the molecule is CCN=C(C)c1ccc(CCCC(C)(C)C(C)C)cc1. The second kappa shape index (κ2) is 7.61. The smallest absolute Gasteiger partial charge is 0.0389 e. The fourth-order valence-electron chi connectivity index (χ4n) is 2.28. The van der Waals surface area contributed by atoms with Crippen molar-refractivity contribution >= 4 is 5.71 Å². The number of aryl methyl sites for hydroxylation is 1. The molecule has 0 unspecified atom stereocenters. The molecular formula is C19H31N. The van der Waals surface area contributed by atoms with Crippen molar-refractivity contribution in [1.29, 1.82) is 0 Å². The molecule has 0 atom stereocenters. The van der Waals surface area contributed by atoms with Crippen molar-refractivity contribution in [3.05, 3.63) is 35.4 Å². The van der Waals surface area contributed by atoms with Crippen LogP contribution in [-0.2, 0) is 6.42 Å². The van der Waals surface area contributed by atoms with Gasteiger partial charge in [-0.3, -0.25) is 4.99 Å². The van der Waals surface area contributed by atoms with Gasteiger partial charge in [0.1, 0.15) is 0 Å². The van der Waals surface area contributed by atoms with Crippen LogP contribution in [0.15, 0.2) is 29.3 Å². The van der Waals surface area contributed by atoms with Crippen molar-refractivity contribution in [3.8, 4) is 0 Å². The van der Waals surface area contributed by atoms with E-state index in [2.05, 4.69) is 70.8 Å². The van der Waals surface area contributed by atoms with Crippen LogP contribution in [0.1, 0.15) is 65.5 Å². The Morgan fingerprint density at radius 2 is 1.75 bits per heavy atom. The topological polar surface area (TPSA) is 12.4 Å². The fraction of sp³-hybridized carbons (Fsp3) is 0.632. The molecule has 0 spiro atoms. The zero-order chi connectivity index (χ0) is 15.2. The zero-order valence-corrected chi connectivity index (χ0v) is 14.2. The number of hydrogen-bond acceptors (Lipinski definition) is 1. The highest BCUT2D eigenvalue weighted by Crippen LogP contribution is 2.31. The third kappa shape index (κ3) is 5.11. The number of hydrogen-bond donors (Lipinski definition) is 0. The molecule has 0 radical (unpaired) electrons. The Balaban J connectivity index is 2.53. The van der Waals surface area contributed by atoms with Crippen molar-refractivity contribution in [3.63, 3.8) is 0 Å². The Kier molecular flexibility index (Phi) is 6.45. The molecule has 1 heteroatoms. The van der Waals surface area contributed by atoms with E-state index in [0.29, 0.717) is 5.41 Å². The molecule has 1 aromatic carbocycles. The van der Waals surface area contributed by atoms with E-state index in [1.807, 2.05) is 0 Å². The molecule has 0 aliphatic rings. The van der Waals surface area contributed by atoms with E-state index in [1.54, 1.807) is 0 Å². The lowest BCUT2D eigenvalue weighted by atomic mass is 9.77. The molecule has 112 valence electrons. The molecule has 0 aliphatic heterocycles. The maximum atomic E-state index is 4.46. The summed E-state index contributed by atoms with van der Waals surface area (Å²) in [5.74, 6) is 0.748. The lowest BCUT2D eigenvalue weighted by Crippen LogP contribution is -2.19. The minimum atomic E-state index is 0.449. The molecule has 0 saturated carbocycles. The molecular weight excluding hydrogens is 242 g/mol. The Bertz CT molecular complexity index is 424. The lowest BCUT2D eigenvalue weighted by Gasteiger charge is -2.29. The average molecular weight is 273 g/mol. The summed E-state index contributed by atoms with van der Waals surface area (Å²) in [5.41, 5.74) is 4.28. The first-order valence-electron chi connectivity index (χ1n) is 7.97. The third-order valence-corrected chi connectivity index (χ3v) is 4.62. The molecule has 0 heterocycles. The van der Waals surface area contributed by atoms with Crippen molar-refractivity contribution in [2.24, 2.45) is 16.3 Å². The monoisotopic (exact) mass is 273 g/mol. The molecule has 0 amide bonds. The molecule has 0 aliphatic carbocycles. The highest BCUT2D eigenvalue weighted by atomic mass is 14.7. The second-order valence-electron chi connectivity index (χ2n) is 6.75. The van der Waals surface area contributed by atoms with Crippen LogP contribution in [0.25, 0.3) is 0 Å². The number of nitrogens with zero attached hydrogens (tertiary/aromatic N) is 1. The molecule has 1 rings (SSSR count). The maximum Gasteiger partial charge on any atom is 0.0389 e. The van der Waals surface area contributed by atoms with Crippen LogP contribution in [0, 0.1) is 11.3 Å². The van der Waals surface area contributed by atoms with Crippen molar-refractivity contribution in [2.45, 2.75) is 60.8 Å². The summed E-state index contributed by atoms with van der Waals surface area (Å²) in [6.45, 7) is 14.4. The minimum absolute atomic E-state index is 0.449. The van der Waals surface area contributed by atoms with Gasteiger partial charge in [0, 0.05) is 12.3 Å². The summed E-state index contributed by atoms with van der Waals surface area (Å²) in [6.07, 6.45) is 3.75. The van der Waals surface area contributed by atoms with Gasteiger partial charge in [0.15, 0.2) is 0 Å². The van der Waals surface area contributed by atoms with Gasteiger partial charge in [-0.15, -0.1) is 0 Å². The predicted molar refractivity (Wildman–Crippen MR) is 90.8 cm³/mol. The van der Waals surface area contributed by atoms with E-state index >= 15 is 0 Å². The number of aliphatic imine (C=N–C) groups is 1. The minimum Gasteiger partial charge on any atom is -0.290 e. The molecule has 0 fully saturated rings. The molecule has 20 heavy (non-hydrogen) atoms. The van der Waals surface area contributed by atoms with Crippen LogP contribution in [0.4, 0.5) is 0 Å². The van der Waals surface area contributed by atoms with Gasteiger partial charge < -0.3 is 0 Å². The van der Waals surface area contributed by atoms with Gasteiger partial charge in [-0.05, 0) is 55.6 Å². The first-order chi connectivity index (χ1) is 9.36. The second-order valence-corrected chi connectivity index (χ2v) is 6.75. The van der Waals surface area contributed by atoms with Gasteiger partial charge in [0.05, 0.1) is 0 Å². The summed E-state index contributed by atoms with van der Waals surface area (Å²) in [6, 6.07) is 8.92. The van der Waals surface area contributed by atoms with Crippen LogP contribution < -0.4 is 0 Å². The van der Waals surface area contributed by atoms with E-state index in [9.17, 15) is 0 Å². The van der Waals surface area contributed by atoms with Gasteiger partial charge in [0.2, 0.25) is 0 Å². The first kappa shape index (κ1) is 16.9. The molecule has 1 aromatic rings. The van der Waals surface area contributed by atoms with Crippen LogP contribution in [-0.4, -0.2) is 12.3 Å². The quantitative estimate of drug-likeness (QED) is 0.580. The summed E-state index contributed by atoms with van der Waals surface area (Å²) in [5, 5.41) is 0. The van der Waals surface area contributed by atoms with Gasteiger partial charge in [-0.25, -0.2) is 0 Å². The van der Waals surface area contributed by atoms with Gasteiger partial charge in [-0.2, -0.15) is 0 Å². The summed E-state index contributed by atoms with van der Waals surface area (Å²) >= 11 is 0. The highest BCUT2D eigenvalue weighted by Gasteiger charge is 2.21. The third-order valence-electron chi connectivity index (χ3n) is 4.62. The first-order valence-corrected chi connectivity index (χ1v) is 7.97. The van der Waals surface area contributed by atoms with Gasteiger partial charge >= 0.3 is 0 Å². The molecule has 0 bridgehead atoms. The standard InChI is InChI=1S/C19H31N/c1-7-20-16(4)18-12-10-17(11-13-18)9-8-14-19(5,6)15(2)3/h10-13,15H,7-9,14H2,1-6H3. The predicted octanol–water partition coefficient (Wildman–Crippen LogP) is 5.52. The van der Waals surface area contributed by atoms with Crippen molar-refractivity contribution in [1.82, 2.24) is 0 Å². The van der Waals surface area contributed by atoms with Crippen LogP contribution >= 0.6 is 0 Å². The van der Waals surface area contributed by atoms with E-state index in [1.165, 1.54) is 30.4 Å². The Hall–Kier alpha value is -1.11. The molecule has 0 N–H and O–H groups in total. The maximum absolute atomic E-state index is 4.46. The summed E-state index contributed by atoms with van der Waals surface area (Å²) < 4.78 is 0. The Morgan fingerprint density at radius 3 is 2.25 bits per heavy atom. The van der Waals surface area contributed by atoms with Gasteiger partial charge in [-0.1, -0.05) is 52.0 Å². The Morgan fingerprint density at radius 1 is 1.15 bits per heavy atom. The zero-order valence-electron chi connectivity index (χ0n) is 14.2. The average Bonchev–Trinajstić information content (AvgIpc) is 2.39. The van der Waals surface area contributed by atoms with E-state index in [4.69, 9.17) is 0 Å². The van der Waals surface area contributed by atoms with E-state index in [0.717, 1.165) is 18.2 Å². The molecule has 0 aromatic heterocycles. The lowest BCUT2D eigenvalue weighted by molar-refractivity contribution is 0.224. The van der Waals surface area contributed by atoms with E-state index < -0.39 is 0 Å². The summed E-state index contributed by atoms with van der Waals surface area (Å²) in [7, 11) is 0. The normalized spacial score (nSPS) is 13.1.